The van der Waals surface area contributed by atoms with Gasteiger partial charge in [-0.15, -0.1) is 0 Å². The van der Waals surface area contributed by atoms with E-state index in [-0.39, 0.29) is 0 Å². The summed E-state index contributed by atoms with van der Waals surface area (Å²) in [6.07, 6.45) is 0. The fourth-order valence-electron chi connectivity index (χ4n) is 2.28. The van der Waals surface area contributed by atoms with Gasteiger partial charge in [0.2, 0.25) is 0 Å². The zero-order valence-electron chi connectivity index (χ0n) is 11.7. The van der Waals surface area contributed by atoms with Crippen LogP contribution in [-0.4, -0.2) is 10.1 Å². The van der Waals surface area contributed by atoms with Crippen LogP contribution in [0.1, 0.15) is 5.76 Å². The minimum atomic E-state index is 0.444. The molecule has 2 heterocycles. The van der Waals surface area contributed by atoms with Crippen LogP contribution in [0, 0.1) is 0 Å². The third-order valence-electron chi connectivity index (χ3n) is 3.34. The third kappa shape index (κ3) is 2.44. The molecule has 0 aliphatic rings. The molecule has 0 aliphatic carbocycles. The fourth-order valence-corrected chi connectivity index (χ4v) is 2.28. The zero-order chi connectivity index (χ0) is 14.8. The van der Waals surface area contributed by atoms with E-state index in [1.807, 2.05) is 60.7 Å². The van der Waals surface area contributed by atoms with Crippen molar-refractivity contribution in [2.75, 3.05) is 5.32 Å². The topological polar surface area (TPSA) is 64.1 Å². The summed E-state index contributed by atoms with van der Waals surface area (Å²) in [5.74, 6) is 1.76. The largest absolute Gasteiger partial charge is 0.459 e. The van der Waals surface area contributed by atoms with E-state index in [0.717, 1.165) is 22.3 Å². The minimum Gasteiger partial charge on any atom is -0.459 e. The second-order valence-electron chi connectivity index (χ2n) is 4.89. The molecule has 0 unspecified atom stereocenters. The van der Waals surface area contributed by atoms with Crippen molar-refractivity contribution in [1.29, 1.82) is 0 Å². The average Bonchev–Trinajstić information content (AvgIpc) is 3.20. The first-order chi connectivity index (χ1) is 10.9. The van der Waals surface area contributed by atoms with Gasteiger partial charge in [0.25, 0.3) is 11.8 Å². The lowest BCUT2D eigenvalue weighted by Crippen LogP contribution is -1.99. The van der Waals surface area contributed by atoms with Gasteiger partial charge in [-0.25, -0.2) is 0 Å². The first-order valence-electron chi connectivity index (χ1n) is 6.99. The first-order valence-corrected chi connectivity index (χ1v) is 6.99. The molecule has 2 aromatic heterocycles. The van der Waals surface area contributed by atoms with Gasteiger partial charge in [0.1, 0.15) is 11.3 Å². The molecule has 0 atom stereocenters. The normalized spacial score (nSPS) is 10.9. The molecule has 2 aromatic carbocycles. The molecule has 0 saturated heterocycles. The van der Waals surface area contributed by atoms with Crippen LogP contribution in [0.25, 0.3) is 22.4 Å². The Morgan fingerprint density at radius 3 is 2.64 bits per heavy atom. The summed E-state index contributed by atoms with van der Waals surface area (Å²) in [4.78, 5) is 4.32. The Morgan fingerprint density at radius 2 is 1.77 bits per heavy atom. The third-order valence-corrected chi connectivity index (χ3v) is 3.34. The molecule has 4 aromatic rings. The summed E-state index contributed by atoms with van der Waals surface area (Å²) >= 11 is 0. The highest BCUT2D eigenvalue weighted by Crippen LogP contribution is 2.21. The summed E-state index contributed by atoms with van der Waals surface area (Å²) in [7, 11) is 0. The molecule has 0 saturated carbocycles. The number of benzene rings is 2. The predicted molar refractivity (Wildman–Crippen MR) is 83.3 cm³/mol. The van der Waals surface area contributed by atoms with E-state index < -0.39 is 0 Å². The lowest BCUT2D eigenvalue weighted by Gasteiger charge is -1.96. The number of nitrogens with one attached hydrogen (secondary N) is 1. The van der Waals surface area contributed by atoms with E-state index in [1.165, 1.54) is 0 Å². The van der Waals surface area contributed by atoms with Crippen LogP contribution in [0.4, 0.5) is 5.95 Å². The molecule has 0 aliphatic heterocycles. The number of anilines is 1. The van der Waals surface area contributed by atoms with E-state index in [9.17, 15) is 0 Å². The Labute approximate surface area is 126 Å². The Balaban J connectivity index is 1.49. The quantitative estimate of drug-likeness (QED) is 0.613. The van der Waals surface area contributed by atoms with Crippen LogP contribution in [0.2, 0.25) is 0 Å². The Morgan fingerprint density at radius 1 is 0.955 bits per heavy atom. The van der Waals surface area contributed by atoms with E-state index >= 15 is 0 Å². The van der Waals surface area contributed by atoms with Gasteiger partial charge in [-0.3, -0.25) is 0 Å². The van der Waals surface area contributed by atoms with E-state index in [0.29, 0.717) is 18.4 Å². The van der Waals surface area contributed by atoms with Gasteiger partial charge >= 0.3 is 0 Å². The van der Waals surface area contributed by atoms with Crippen molar-refractivity contribution >= 4 is 16.9 Å². The number of fused-ring (bicyclic) bond motifs is 1. The second kappa shape index (κ2) is 5.37. The molecule has 22 heavy (non-hydrogen) atoms. The van der Waals surface area contributed by atoms with Gasteiger partial charge in [0.15, 0.2) is 0 Å². The van der Waals surface area contributed by atoms with Crippen LogP contribution in [-0.2, 0) is 6.54 Å². The van der Waals surface area contributed by atoms with Crippen molar-refractivity contribution < 1.29 is 8.94 Å². The maximum Gasteiger partial charge on any atom is 0.264 e. The molecular formula is C17H13N3O2. The van der Waals surface area contributed by atoms with E-state index in [1.54, 1.807) is 0 Å². The van der Waals surface area contributed by atoms with Gasteiger partial charge in [0, 0.05) is 10.9 Å². The number of hydrogen-bond donors (Lipinski definition) is 1. The van der Waals surface area contributed by atoms with E-state index in [2.05, 4.69) is 15.5 Å². The monoisotopic (exact) mass is 291 g/mol. The molecule has 5 nitrogen and oxygen atoms in total. The number of nitrogens with zero attached hydrogens (tertiary/aromatic N) is 2. The zero-order valence-corrected chi connectivity index (χ0v) is 11.7. The van der Waals surface area contributed by atoms with Crippen molar-refractivity contribution in [2.45, 2.75) is 6.54 Å². The number of aromatic nitrogens is 2. The minimum absolute atomic E-state index is 0.444. The Bertz CT molecular complexity index is 863. The summed E-state index contributed by atoms with van der Waals surface area (Å²) < 4.78 is 11.0. The van der Waals surface area contributed by atoms with Crippen LogP contribution in [0.5, 0.6) is 0 Å². The molecule has 5 heteroatoms. The predicted octanol–water partition coefficient (Wildman–Crippen LogP) is 4.09. The SMILES string of the molecule is c1ccc(-c2nc(NCc3cc4ccccc4o3)no2)cc1. The second-order valence-corrected chi connectivity index (χ2v) is 4.89. The standard InChI is InChI=1S/C17H13N3O2/c1-2-6-12(7-3-1)16-19-17(20-22-16)18-11-14-10-13-8-4-5-9-15(13)21-14/h1-10H,11H2,(H,18,20). The molecule has 0 amide bonds. The summed E-state index contributed by atoms with van der Waals surface area (Å²) in [5.41, 5.74) is 1.77. The number of furan rings is 1. The van der Waals surface area contributed by atoms with Crippen LogP contribution in [0.15, 0.2) is 69.6 Å². The van der Waals surface area contributed by atoms with Crippen molar-refractivity contribution in [1.82, 2.24) is 10.1 Å². The van der Waals surface area contributed by atoms with Crippen molar-refractivity contribution in [3.05, 3.63) is 66.4 Å². The first kappa shape index (κ1) is 12.6. The average molecular weight is 291 g/mol. The van der Waals surface area contributed by atoms with Crippen LogP contribution in [0.3, 0.4) is 0 Å². The van der Waals surface area contributed by atoms with Crippen LogP contribution >= 0.6 is 0 Å². The lowest BCUT2D eigenvalue weighted by atomic mass is 10.2. The maximum absolute atomic E-state index is 5.73. The van der Waals surface area contributed by atoms with Crippen molar-refractivity contribution in [3.63, 3.8) is 0 Å². The molecule has 0 spiro atoms. The molecule has 0 bridgehead atoms. The van der Waals surface area contributed by atoms with Gasteiger partial charge < -0.3 is 14.3 Å². The summed E-state index contributed by atoms with van der Waals surface area (Å²) in [6.45, 7) is 0.502. The Kier molecular flexibility index (Phi) is 3.08. The summed E-state index contributed by atoms with van der Waals surface area (Å²) in [5, 5.41) is 8.11. The number of para-hydroxylation sites is 1. The van der Waals surface area contributed by atoms with Gasteiger partial charge in [-0.05, 0) is 29.4 Å². The van der Waals surface area contributed by atoms with Crippen LogP contribution < -0.4 is 5.32 Å². The molecule has 1 N–H and O–H groups in total. The maximum atomic E-state index is 5.73. The molecule has 0 radical (unpaired) electrons. The summed E-state index contributed by atoms with van der Waals surface area (Å²) in [6, 6.07) is 19.6. The number of hydrogen-bond acceptors (Lipinski definition) is 5. The van der Waals surface area contributed by atoms with Crippen molar-refractivity contribution in [3.8, 4) is 11.5 Å². The molecule has 4 rings (SSSR count). The lowest BCUT2D eigenvalue weighted by molar-refractivity contribution is 0.432. The number of rotatable bonds is 4. The smallest absolute Gasteiger partial charge is 0.264 e. The highest BCUT2D eigenvalue weighted by molar-refractivity contribution is 5.77. The molecule has 108 valence electrons. The van der Waals surface area contributed by atoms with Crippen molar-refractivity contribution in [2.24, 2.45) is 0 Å². The fraction of sp³-hybridized carbons (Fsp3) is 0.0588. The van der Waals surface area contributed by atoms with Gasteiger partial charge in [-0.2, -0.15) is 4.98 Å². The Hall–Kier alpha value is -3.08. The highest BCUT2D eigenvalue weighted by Gasteiger charge is 2.09. The van der Waals surface area contributed by atoms with Gasteiger partial charge in [0.05, 0.1) is 6.54 Å². The van der Waals surface area contributed by atoms with E-state index in [4.69, 9.17) is 8.94 Å². The molecule has 0 fully saturated rings. The van der Waals surface area contributed by atoms with Gasteiger partial charge in [-0.1, -0.05) is 36.4 Å². The molecular weight excluding hydrogens is 278 g/mol. The highest BCUT2D eigenvalue weighted by atomic mass is 16.5.